The molecule has 7 heteroatoms. The molecule has 1 aliphatic heterocycles. The van der Waals surface area contributed by atoms with Crippen LogP contribution in [0.5, 0.6) is 0 Å². The summed E-state index contributed by atoms with van der Waals surface area (Å²) in [6.45, 7) is 7.76. The number of hydrogen-bond donors (Lipinski definition) is 1. The Hall–Kier alpha value is -2.70. The minimum atomic E-state index is -0.219. The lowest BCUT2D eigenvalue weighted by molar-refractivity contribution is -0.135. The smallest absolute Gasteiger partial charge is 0.271 e. The molecule has 1 aliphatic rings. The number of carbonyl (C=O) groups excluding carboxylic acids is 2. The molecule has 2 aromatic rings. The van der Waals surface area contributed by atoms with Gasteiger partial charge in [-0.15, -0.1) is 0 Å². The quantitative estimate of drug-likeness (QED) is 0.891. The van der Waals surface area contributed by atoms with Crippen molar-refractivity contribution in [1.82, 2.24) is 24.8 Å². The van der Waals surface area contributed by atoms with Crippen molar-refractivity contribution in [3.8, 4) is 0 Å². The van der Waals surface area contributed by atoms with Crippen LogP contribution < -0.4 is 5.32 Å². The maximum absolute atomic E-state index is 12.4. The van der Waals surface area contributed by atoms with Crippen molar-refractivity contribution in [3.63, 3.8) is 0 Å². The molecule has 0 bridgehead atoms. The molecule has 0 aliphatic carbocycles. The van der Waals surface area contributed by atoms with E-state index in [1.165, 1.54) is 0 Å². The van der Waals surface area contributed by atoms with Crippen molar-refractivity contribution in [1.29, 1.82) is 0 Å². The van der Waals surface area contributed by atoms with Crippen LogP contribution >= 0.6 is 0 Å². The number of amides is 2. The molecule has 0 aromatic carbocycles. The van der Waals surface area contributed by atoms with Crippen LogP contribution in [0.15, 0.2) is 30.7 Å². The molecular weight excluding hydrogens is 330 g/mol. The first-order valence-electron chi connectivity index (χ1n) is 8.99. The van der Waals surface area contributed by atoms with Gasteiger partial charge in [-0.3, -0.25) is 14.6 Å². The van der Waals surface area contributed by atoms with Crippen LogP contribution in [-0.2, 0) is 17.9 Å². The van der Waals surface area contributed by atoms with Gasteiger partial charge < -0.3 is 14.8 Å². The topological polar surface area (TPSA) is 80.1 Å². The lowest BCUT2D eigenvalue weighted by Gasteiger charge is -2.34. The van der Waals surface area contributed by atoms with Crippen LogP contribution in [0.3, 0.4) is 0 Å². The highest BCUT2D eigenvalue weighted by Gasteiger charge is 2.30. The predicted octanol–water partition coefficient (Wildman–Crippen LogP) is 2.16. The summed E-state index contributed by atoms with van der Waals surface area (Å²) in [4.78, 5) is 35.2. The zero-order valence-corrected chi connectivity index (χ0v) is 15.5. The van der Waals surface area contributed by atoms with Gasteiger partial charge in [0.25, 0.3) is 5.91 Å². The Morgan fingerprint density at radius 3 is 2.85 bits per heavy atom. The minimum Gasteiger partial charge on any atom is -0.347 e. The number of aromatic nitrogens is 3. The molecule has 2 amide bonds. The van der Waals surface area contributed by atoms with Gasteiger partial charge in [-0.2, -0.15) is 0 Å². The van der Waals surface area contributed by atoms with Crippen molar-refractivity contribution < 1.29 is 9.59 Å². The molecule has 0 unspecified atom stereocenters. The summed E-state index contributed by atoms with van der Waals surface area (Å²) in [5.74, 6) is 1.01. The fraction of sp³-hybridized carbons (Fsp3) is 0.474. The summed E-state index contributed by atoms with van der Waals surface area (Å²) >= 11 is 0. The van der Waals surface area contributed by atoms with Crippen LogP contribution in [0.4, 0.5) is 0 Å². The number of rotatable bonds is 5. The normalized spacial score (nSPS) is 16.5. The maximum atomic E-state index is 12.4. The Morgan fingerprint density at radius 2 is 2.15 bits per heavy atom. The molecule has 0 saturated carbocycles. The van der Waals surface area contributed by atoms with Crippen molar-refractivity contribution in [3.05, 3.63) is 47.8 Å². The molecule has 1 atom stereocenters. The Bertz CT molecular complexity index is 784. The first-order valence-corrected chi connectivity index (χ1v) is 8.99. The number of hydrogen-bond acceptors (Lipinski definition) is 4. The molecule has 26 heavy (non-hydrogen) atoms. The van der Waals surface area contributed by atoms with E-state index in [0.29, 0.717) is 37.7 Å². The molecule has 0 radical (unpaired) electrons. The molecule has 0 fully saturated rings. The summed E-state index contributed by atoms with van der Waals surface area (Å²) in [6, 6.07) is 3.61. The van der Waals surface area contributed by atoms with Crippen molar-refractivity contribution in [2.24, 2.45) is 5.92 Å². The number of nitrogens with one attached hydrogen (secondary N) is 1. The van der Waals surface area contributed by atoms with E-state index in [4.69, 9.17) is 0 Å². The lowest BCUT2D eigenvalue weighted by atomic mass is 10.1. The standard InChI is InChI=1S/C19H25N5O2/c1-13(2)9-17(25)24-8-7-23-12-16(22-18(23)14(24)3)19(26)21-11-15-5-4-6-20-10-15/h4-6,10,12-14H,7-9,11H2,1-3H3,(H,21,26)/t14-/m1/s1. The predicted molar refractivity (Wildman–Crippen MR) is 97.2 cm³/mol. The average Bonchev–Trinajstić information content (AvgIpc) is 3.05. The zero-order valence-electron chi connectivity index (χ0n) is 15.5. The highest BCUT2D eigenvalue weighted by Crippen LogP contribution is 2.26. The van der Waals surface area contributed by atoms with Gasteiger partial charge in [-0.25, -0.2) is 4.98 Å². The number of fused-ring (bicyclic) bond motifs is 1. The van der Waals surface area contributed by atoms with Crippen LogP contribution in [0.1, 0.15) is 55.1 Å². The summed E-state index contributed by atoms with van der Waals surface area (Å²) in [5, 5.41) is 2.86. The summed E-state index contributed by atoms with van der Waals surface area (Å²) in [7, 11) is 0. The Kier molecular flexibility index (Phi) is 5.35. The molecule has 138 valence electrons. The van der Waals surface area contributed by atoms with Gasteiger partial charge in [0.05, 0.1) is 6.04 Å². The van der Waals surface area contributed by atoms with Gasteiger partial charge in [0.2, 0.25) is 5.91 Å². The van der Waals surface area contributed by atoms with Gasteiger partial charge in [0.15, 0.2) is 0 Å². The zero-order chi connectivity index (χ0) is 18.7. The number of carbonyl (C=O) groups is 2. The van der Waals surface area contributed by atoms with Crippen LogP contribution in [0, 0.1) is 5.92 Å². The van der Waals surface area contributed by atoms with Crippen LogP contribution in [-0.4, -0.2) is 37.8 Å². The second-order valence-corrected chi connectivity index (χ2v) is 7.08. The van der Waals surface area contributed by atoms with Crippen molar-refractivity contribution in [2.45, 2.75) is 46.3 Å². The second-order valence-electron chi connectivity index (χ2n) is 7.08. The van der Waals surface area contributed by atoms with Gasteiger partial charge in [-0.05, 0) is 24.5 Å². The molecule has 3 heterocycles. The van der Waals surface area contributed by atoms with E-state index in [1.54, 1.807) is 18.6 Å². The van der Waals surface area contributed by atoms with Gasteiger partial charge in [-0.1, -0.05) is 19.9 Å². The lowest BCUT2D eigenvalue weighted by Crippen LogP contribution is -2.41. The maximum Gasteiger partial charge on any atom is 0.271 e. The molecule has 0 saturated heterocycles. The Labute approximate surface area is 153 Å². The van der Waals surface area contributed by atoms with Crippen LogP contribution in [0.2, 0.25) is 0 Å². The molecule has 3 rings (SSSR count). The largest absolute Gasteiger partial charge is 0.347 e. The van der Waals surface area contributed by atoms with E-state index >= 15 is 0 Å². The van der Waals surface area contributed by atoms with E-state index in [9.17, 15) is 9.59 Å². The SMILES string of the molecule is CC(C)CC(=O)N1CCn2cc(C(=O)NCc3cccnc3)nc2[C@H]1C. The van der Waals surface area contributed by atoms with Gasteiger partial charge >= 0.3 is 0 Å². The Balaban J connectivity index is 1.68. The number of imidazole rings is 1. The van der Waals surface area contributed by atoms with E-state index in [-0.39, 0.29) is 17.9 Å². The summed E-state index contributed by atoms with van der Waals surface area (Å²) in [5.41, 5.74) is 1.32. The molecule has 1 N–H and O–H groups in total. The fourth-order valence-electron chi connectivity index (χ4n) is 3.18. The monoisotopic (exact) mass is 355 g/mol. The van der Waals surface area contributed by atoms with E-state index in [1.807, 2.05) is 42.4 Å². The van der Waals surface area contributed by atoms with Crippen molar-refractivity contribution in [2.75, 3.05) is 6.54 Å². The number of nitrogens with zero attached hydrogens (tertiary/aromatic N) is 4. The van der Waals surface area contributed by atoms with Crippen LogP contribution in [0.25, 0.3) is 0 Å². The van der Waals surface area contributed by atoms with Crippen molar-refractivity contribution >= 4 is 11.8 Å². The third-order valence-electron chi connectivity index (χ3n) is 4.54. The summed E-state index contributed by atoms with van der Waals surface area (Å²) < 4.78 is 1.98. The highest BCUT2D eigenvalue weighted by molar-refractivity contribution is 5.92. The third kappa shape index (κ3) is 3.92. The first kappa shape index (κ1) is 18.1. The minimum absolute atomic E-state index is 0.130. The molecule has 2 aromatic heterocycles. The molecule has 0 spiro atoms. The highest BCUT2D eigenvalue weighted by atomic mass is 16.2. The fourth-order valence-corrected chi connectivity index (χ4v) is 3.18. The summed E-state index contributed by atoms with van der Waals surface area (Å²) in [6.07, 6.45) is 5.72. The average molecular weight is 355 g/mol. The van der Waals surface area contributed by atoms with Gasteiger partial charge in [0, 0.05) is 44.6 Å². The first-order chi connectivity index (χ1) is 12.5. The second kappa shape index (κ2) is 7.68. The van der Waals surface area contributed by atoms with E-state index < -0.39 is 0 Å². The van der Waals surface area contributed by atoms with E-state index in [0.717, 1.165) is 11.4 Å². The Morgan fingerprint density at radius 1 is 1.35 bits per heavy atom. The van der Waals surface area contributed by atoms with Gasteiger partial charge in [0.1, 0.15) is 11.5 Å². The molecule has 7 nitrogen and oxygen atoms in total. The number of pyridine rings is 1. The van der Waals surface area contributed by atoms with E-state index in [2.05, 4.69) is 15.3 Å². The third-order valence-corrected chi connectivity index (χ3v) is 4.54. The molecular formula is C19H25N5O2.